The molecule has 2 heterocycles. The van der Waals surface area contributed by atoms with Crippen molar-refractivity contribution in [2.24, 2.45) is 0 Å². The molecule has 0 N–H and O–H groups in total. The molecule has 2 aromatic carbocycles. The second-order valence-corrected chi connectivity index (χ2v) is 6.31. The van der Waals surface area contributed by atoms with Crippen LogP contribution >= 0.6 is 11.3 Å². The van der Waals surface area contributed by atoms with E-state index in [0.717, 1.165) is 0 Å². The van der Waals surface area contributed by atoms with Gasteiger partial charge in [0, 0.05) is 18.6 Å². The van der Waals surface area contributed by atoms with Crippen molar-refractivity contribution in [1.82, 2.24) is 0 Å². The molecule has 4 aromatic rings. The molecule has 0 fully saturated rings. The van der Waals surface area contributed by atoms with E-state index in [1.165, 1.54) is 32.8 Å². The van der Waals surface area contributed by atoms with E-state index in [4.69, 9.17) is 0 Å². The van der Waals surface area contributed by atoms with Crippen LogP contribution in [0.15, 0.2) is 78.3 Å². The van der Waals surface area contributed by atoms with Crippen molar-refractivity contribution in [2.75, 3.05) is 0 Å². The van der Waals surface area contributed by atoms with Crippen molar-refractivity contribution in [3.05, 3.63) is 84.0 Å². The molecular formula is C20H16BrNS. The first-order valence-electron chi connectivity index (χ1n) is 7.37. The fraction of sp³-hybridized carbons (Fsp3) is 0.0500. The fourth-order valence-electron chi connectivity index (χ4n) is 2.81. The van der Waals surface area contributed by atoms with Crippen molar-refractivity contribution in [2.45, 2.75) is 6.92 Å². The van der Waals surface area contributed by atoms with Gasteiger partial charge in [0.25, 0.3) is 4.83 Å². The van der Waals surface area contributed by atoms with Gasteiger partial charge in [0.1, 0.15) is 0 Å². The molecule has 0 amide bonds. The third kappa shape index (κ3) is 2.94. The smallest absolute Gasteiger partial charge is 0.267 e. The standard InChI is InChI=1S/C20H16NS.BrH/c1-15-14-22-20-12-18(16-8-4-2-5-9-16)19(13-21(15)20)17-10-6-3-7-11-17;/h2-14H,1H3;1H/q+1;/p-1. The van der Waals surface area contributed by atoms with Gasteiger partial charge in [0.2, 0.25) is 0 Å². The Hall–Kier alpha value is -1.97. The monoisotopic (exact) mass is 381 g/mol. The minimum absolute atomic E-state index is 0. The number of aryl methyl sites for hydroxylation is 1. The summed E-state index contributed by atoms with van der Waals surface area (Å²) in [6.45, 7) is 2.15. The molecule has 0 aliphatic heterocycles. The van der Waals surface area contributed by atoms with E-state index < -0.39 is 0 Å². The lowest BCUT2D eigenvalue weighted by atomic mass is 9.96. The van der Waals surface area contributed by atoms with Crippen molar-refractivity contribution in [1.29, 1.82) is 0 Å². The van der Waals surface area contributed by atoms with Gasteiger partial charge in [-0.25, -0.2) is 0 Å². The average Bonchev–Trinajstić information content (AvgIpc) is 2.96. The largest absolute Gasteiger partial charge is 1.00 e. The zero-order chi connectivity index (χ0) is 14.9. The predicted molar refractivity (Wildman–Crippen MR) is 93.1 cm³/mol. The first-order chi connectivity index (χ1) is 10.8. The summed E-state index contributed by atoms with van der Waals surface area (Å²) in [7, 11) is 0. The quantitative estimate of drug-likeness (QED) is 0.468. The number of hydrogen-bond acceptors (Lipinski definition) is 1. The second-order valence-electron chi connectivity index (χ2n) is 5.42. The lowest BCUT2D eigenvalue weighted by molar-refractivity contribution is -0.514. The van der Waals surface area contributed by atoms with Crippen LogP contribution in [0.1, 0.15) is 5.69 Å². The SMILES string of the molecule is Cc1csc2cc(-c3ccccc3)c(-c3ccccc3)c[n+]12.[Br-]. The van der Waals surface area contributed by atoms with Crippen molar-refractivity contribution in [3.8, 4) is 22.3 Å². The zero-order valence-electron chi connectivity index (χ0n) is 12.7. The number of nitrogens with zero attached hydrogens (tertiary/aromatic N) is 1. The summed E-state index contributed by atoms with van der Waals surface area (Å²) in [4.78, 5) is 1.27. The Morgan fingerprint density at radius 2 is 1.35 bits per heavy atom. The van der Waals surface area contributed by atoms with Crippen LogP contribution in [0.25, 0.3) is 27.1 Å². The van der Waals surface area contributed by atoms with Crippen LogP contribution < -0.4 is 21.4 Å². The Kier molecular flexibility index (Phi) is 4.60. The molecule has 1 nitrogen and oxygen atoms in total. The minimum atomic E-state index is 0. The maximum atomic E-state index is 2.30. The highest BCUT2D eigenvalue weighted by Gasteiger charge is 2.17. The maximum absolute atomic E-state index is 2.30. The Morgan fingerprint density at radius 1 is 0.783 bits per heavy atom. The zero-order valence-corrected chi connectivity index (χ0v) is 15.1. The Bertz CT molecular complexity index is 930. The molecule has 23 heavy (non-hydrogen) atoms. The second kappa shape index (κ2) is 6.65. The first-order valence-corrected chi connectivity index (χ1v) is 8.25. The number of pyridine rings is 1. The molecule has 3 heteroatoms. The highest BCUT2D eigenvalue weighted by Crippen LogP contribution is 2.32. The number of thiazole rings is 1. The predicted octanol–water partition coefficient (Wildman–Crippen LogP) is 2.13. The molecule has 4 rings (SSSR count). The van der Waals surface area contributed by atoms with Crippen molar-refractivity contribution < 1.29 is 21.4 Å². The van der Waals surface area contributed by atoms with Gasteiger partial charge in [-0.05, 0) is 11.1 Å². The molecule has 2 aromatic heterocycles. The molecule has 0 aliphatic carbocycles. The van der Waals surface area contributed by atoms with Gasteiger partial charge < -0.3 is 17.0 Å². The number of hydrogen-bond donors (Lipinski definition) is 0. The molecule has 114 valence electrons. The summed E-state index contributed by atoms with van der Waals surface area (Å²) in [5.41, 5.74) is 6.34. The minimum Gasteiger partial charge on any atom is -1.00 e. The summed E-state index contributed by atoms with van der Waals surface area (Å²) in [5, 5.41) is 2.21. The molecule has 0 unspecified atom stereocenters. The van der Waals surface area contributed by atoms with Crippen molar-refractivity contribution >= 4 is 16.2 Å². The average molecular weight is 382 g/mol. The molecule has 0 radical (unpaired) electrons. The fourth-order valence-corrected chi connectivity index (χ4v) is 3.71. The van der Waals surface area contributed by atoms with Crippen LogP contribution in [0.3, 0.4) is 0 Å². The lowest BCUT2D eigenvalue weighted by Gasteiger charge is -2.08. The molecule has 0 aliphatic rings. The van der Waals surface area contributed by atoms with E-state index in [1.54, 1.807) is 11.3 Å². The summed E-state index contributed by atoms with van der Waals surface area (Å²) in [5.74, 6) is 0. The van der Waals surface area contributed by atoms with E-state index in [0.29, 0.717) is 0 Å². The summed E-state index contributed by atoms with van der Waals surface area (Å²) in [6, 6.07) is 23.5. The lowest BCUT2D eigenvalue weighted by Crippen LogP contribution is -3.00. The topological polar surface area (TPSA) is 4.10 Å². The maximum Gasteiger partial charge on any atom is 0.267 e. The third-order valence-corrected chi connectivity index (χ3v) is 4.97. The molecule has 0 spiro atoms. The van der Waals surface area contributed by atoms with E-state index in [9.17, 15) is 0 Å². The van der Waals surface area contributed by atoms with E-state index in [2.05, 4.69) is 89.6 Å². The number of aromatic nitrogens is 1. The van der Waals surface area contributed by atoms with Gasteiger partial charge in [0.05, 0.1) is 10.9 Å². The van der Waals surface area contributed by atoms with Gasteiger partial charge in [-0.15, -0.1) is 0 Å². The molecule has 0 atom stereocenters. The van der Waals surface area contributed by atoms with Crippen LogP contribution in [0.4, 0.5) is 0 Å². The number of rotatable bonds is 2. The normalized spacial score (nSPS) is 10.5. The highest BCUT2D eigenvalue weighted by atomic mass is 79.9. The van der Waals surface area contributed by atoms with Gasteiger partial charge in [-0.2, -0.15) is 4.40 Å². The number of fused-ring (bicyclic) bond motifs is 1. The summed E-state index contributed by atoms with van der Waals surface area (Å²) < 4.78 is 2.28. The van der Waals surface area contributed by atoms with E-state index >= 15 is 0 Å². The molecule has 0 saturated heterocycles. The van der Waals surface area contributed by atoms with E-state index in [1.807, 2.05) is 0 Å². The molecular weight excluding hydrogens is 366 g/mol. The van der Waals surface area contributed by atoms with Crippen LogP contribution in [-0.4, -0.2) is 0 Å². The Morgan fingerprint density at radius 3 is 1.96 bits per heavy atom. The molecule has 0 saturated carbocycles. The van der Waals surface area contributed by atoms with Crippen LogP contribution in [0, 0.1) is 6.92 Å². The first kappa shape index (κ1) is 15.9. The number of benzene rings is 2. The van der Waals surface area contributed by atoms with Crippen LogP contribution in [-0.2, 0) is 0 Å². The van der Waals surface area contributed by atoms with E-state index in [-0.39, 0.29) is 17.0 Å². The summed E-state index contributed by atoms with van der Waals surface area (Å²) in [6.07, 6.45) is 2.26. The van der Waals surface area contributed by atoms with Gasteiger partial charge in [-0.3, -0.25) is 0 Å². The molecule has 0 bridgehead atoms. The summed E-state index contributed by atoms with van der Waals surface area (Å²) >= 11 is 1.79. The van der Waals surface area contributed by atoms with Gasteiger partial charge >= 0.3 is 0 Å². The highest BCUT2D eigenvalue weighted by molar-refractivity contribution is 7.15. The third-order valence-electron chi connectivity index (χ3n) is 3.95. The van der Waals surface area contributed by atoms with Gasteiger partial charge in [-0.1, -0.05) is 72.0 Å². The van der Waals surface area contributed by atoms with Crippen LogP contribution in [0.2, 0.25) is 0 Å². The Labute approximate surface area is 150 Å². The van der Waals surface area contributed by atoms with Gasteiger partial charge in [0.15, 0.2) is 11.9 Å². The Balaban J connectivity index is 0.00000156. The van der Waals surface area contributed by atoms with Crippen molar-refractivity contribution in [3.63, 3.8) is 0 Å². The number of halogens is 1. The van der Waals surface area contributed by atoms with Crippen LogP contribution in [0.5, 0.6) is 0 Å².